The number of hydrogen-bond acceptors (Lipinski definition) is 4. The fourth-order valence-electron chi connectivity index (χ4n) is 3.64. The van der Waals surface area contributed by atoms with Gasteiger partial charge in [0.05, 0.1) is 5.60 Å². The molecule has 1 fully saturated rings. The van der Waals surface area contributed by atoms with Gasteiger partial charge in [-0.1, -0.05) is 23.7 Å². The van der Waals surface area contributed by atoms with Crippen LogP contribution in [0.1, 0.15) is 59.6 Å². The number of benzene rings is 1. The molecule has 148 valence electrons. The van der Waals surface area contributed by atoms with Crippen LogP contribution in [-0.4, -0.2) is 32.7 Å². The average Bonchev–Trinajstić information content (AvgIpc) is 2.60. The molecule has 0 spiro atoms. The van der Waals surface area contributed by atoms with Gasteiger partial charge in [-0.25, -0.2) is 14.6 Å². The van der Waals surface area contributed by atoms with E-state index in [2.05, 4.69) is 4.98 Å². The van der Waals surface area contributed by atoms with Gasteiger partial charge in [0.25, 0.3) is 0 Å². The Hall–Kier alpha value is -2.44. The lowest BCUT2D eigenvalue weighted by molar-refractivity contribution is -0.174. The number of aliphatic carboxylic acids is 1. The Morgan fingerprint density at radius 1 is 1.18 bits per heavy atom. The van der Waals surface area contributed by atoms with Crippen molar-refractivity contribution < 1.29 is 24.5 Å². The Morgan fingerprint density at radius 2 is 1.79 bits per heavy atom. The second-order valence-electron chi connectivity index (χ2n) is 7.41. The molecule has 1 heterocycles. The first-order chi connectivity index (χ1) is 13.1. The third kappa shape index (κ3) is 3.75. The molecule has 2 N–H and O–H groups in total. The van der Waals surface area contributed by atoms with Gasteiger partial charge >= 0.3 is 11.9 Å². The summed E-state index contributed by atoms with van der Waals surface area (Å²) in [6.45, 7) is 5.14. The van der Waals surface area contributed by atoms with E-state index in [4.69, 9.17) is 16.3 Å². The maximum atomic E-state index is 12.1. The summed E-state index contributed by atoms with van der Waals surface area (Å²) >= 11 is 5.99. The van der Waals surface area contributed by atoms with Crippen LogP contribution in [0.4, 0.5) is 0 Å². The summed E-state index contributed by atoms with van der Waals surface area (Å²) in [6, 6.07) is 6.84. The van der Waals surface area contributed by atoms with E-state index < -0.39 is 23.6 Å². The van der Waals surface area contributed by atoms with E-state index in [-0.39, 0.29) is 5.69 Å². The number of halogens is 1. The highest BCUT2D eigenvalue weighted by Crippen LogP contribution is 2.43. The van der Waals surface area contributed by atoms with Crippen LogP contribution in [-0.2, 0) is 9.53 Å². The summed E-state index contributed by atoms with van der Waals surface area (Å²) in [7, 11) is 0. The van der Waals surface area contributed by atoms with Gasteiger partial charge in [0.1, 0.15) is 0 Å². The Bertz CT molecular complexity index is 935. The van der Waals surface area contributed by atoms with Crippen LogP contribution >= 0.6 is 11.6 Å². The van der Waals surface area contributed by atoms with Crippen molar-refractivity contribution in [3.8, 4) is 11.1 Å². The molecule has 1 aromatic heterocycles. The number of carboxylic acid groups (broad SMARTS) is 2. The summed E-state index contributed by atoms with van der Waals surface area (Å²) in [5.74, 6) is -2.29. The number of nitrogens with zero attached hydrogens (tertiary/aromatic N) is 1. The molecule has 0 bridgehead atoms. The van der Waals surface area contributed by atoms with Crippen LogP contribution in [0.15, 0.2) is 24.3 Å². The van der Waals surface area contributed by atoms with Gasteiger partial charge in [0.2, 0.25) is 0 Å². The van der Waals surface area contributed by atoms with E-state index >= 15 is 0 Å². The fraction of sp³-hybridized carbons (Fsp3) is 0.381. The molecule has 1 aromatic carbocycles. The zero-order chi connectivity index (χ0) is 20.6. The highest BCUT2D eigenvalue weighted by Gasteiger charge is 2.40. The lowest BCUT2D eigenvalue weighted by Gasteiger charge is -2.40. The molecular weight excluding hydrogens is 382 g/mol. The van der Waals surface area contributed by atoms with Gasteiger partial charge < -0.3 is 14.9 Å². The fourth-order valence-corrected chi connectivity index (χ4v) is 3.77. The number of rotatable bonds is 6. The number of aryl methyl sites for hydroxylation is 1. The number of aromatic nitrogens is 1. The number of carboxylic acids is 2. The minimum absolute atomic E-state index is 0.106. The molecule has 2 aromatic rings. The first kappa shape index (κ1) is 20.3. The quantitative estimate of drug-likeness (QED) is 0.718. The minimum atomic E-state index is -1.25. The van der Waals surface area contributed by atoms with E-state index in [0.717, 1.165) is 19.3 Å². The Labute approximate surface area is 168 Å². The van der Waals surface area contributed by atoms with Crippen LogP contribution in [0.25, 0.3) is 11.1 Å². The first-order valence-electron chi connectivity index (χ1n) is 9.04. The molecule has 3 rings (SSSR count). The standard InChI is InChI=1S/C21H22ClNO5/c1-11-15(13-5-7-14(22)8-6-13)16(12(2)23-17(11)19(24)25)18(20(26)27)28-21(3)9-4-10-21/h5-8,18H,4,9-10H2,1-3H3,(H,24,25)(H,26,27)/t18-/m0/s1. The van der Waals surface area contributed by atoms with E-state index in [9.17, 15) is 19.8 Å². The molecule has 0 amide bonds. The number of pyridine rings is 1. The smallest absolute Gasteiger partial charge is 0.354 e. The van der Waals surface area contributed by atoms with Crippen molar-refractivity contribution in [3.63, 3.8) is 0 Å². The van der Waals surface area contributed by atoms with Crippen molar-refractivity contribution in [3.05, 3.63) is 51.8 Å². The Balaban J connectivity index is 2.26. The van der Waals surface area contributed by atoms with Crippen molar-refractivity contribution in [1.29, 1.82) is 0 Å². The predicted molar refractivity (Wildman–Crippen MR) is 105 cm³/mol. The summed E-state index contributed by atoms with van der Waals surface area (Å²) in [5, 5.41) is 20.0. The maximum Gasteiger partial charge on any atom is 0.354 e. The van der Waals surface area contributed by atoms with Gasteiger partial charge in [0.15, 0.2) is 11.8 Å². The molecule has 0 radical (unpaired) electrons. The number of hydrogen-bond donors (Lipinski definition) is 2. The second-order valence-corrected chi connectivity index (χ2v) is 7.85. The maximum absolute atomic E-state index is 12.1. The van der Waals surface area contributed by atoms with Crippen molar-refractivity contribution in [1.82, 2.24) is 4.98 Å². The van der Waals surface area contributed by atoms with Crippen molar-refractivity contribution in [2.75, 3.05) is 0 Å². The topological polar surface area (TPSA) is 96.7 Å². The van der Waals surface area contributed by atoms with Crippen LogP contribution in [0.2, 0.25) is 5.02 Å². The molecule has 1 atom stereocenters. The Morgan fingerprint density at radius 3 is 2.25 bits per heavy atom. The predicted octanol–water partition coefficient (Wildman–Crippen LogP) is 4.80. The largest absolute Gasteiger partial charge is 0.479 e. The zero-order valence-electron chi connectivity index (χ0n) is 16.0. The normalized spacial score (nSPS) is 16.3. The highest BCUT2D eigenvalue weighted by atomic mass is 35.5. The number of ether oxygens (including phenoxy) is 1. The van der Waals surface area contributed by atoms with Crippen molar-refractivity contribution in [2.45, 2.75) is 51.7 Å². The number of aromatic carboxylic acids is 1. The average molecular weight is 404 g/mol. The van der Waals surface area contributed by atoms with E-state index in [1.54, 1.807) is 38.1 Å². The van der Waals surface area contributed by atoms with Gasteiger partial charge in [0, 0.05) is 16.3 Å². The van der Waals surface area contributed by atoms with Crippen LogP contribution in [0.3, 0.4) is 0 Å². The van der Waals surface area contributed by atoms with E-state index in [0.29, 0.717) is 33.0 Å². The van der Waals surface area contributed by atoms with Gasteiger partial charge in [-0.3, -0.25) is 0 Å². The monoisotopic (exact) mass is 403 g/mol. The molecule has 0 unspecified atom stereocenters. The third-order valence-electron chi connectivity index (χ3n) is 5.30. The van der Waals surface area contributed by atoms with Crippen molar-refractivity contribution in [2.24, 2.45) is 0 Å². The SMILES string of the molecule is Cc1nc(C(=O)O)c(C)c(-c2ccc(Cl)cc2)c1[C@H](OC1(C)CCC1)C(=O)O. The van der Waals surface area contributed by atoms with E-state index in [1.165, 1.54) is 0 Å². The molecule has 28 heavy (non-hydrogen) atoms. The van der Waals surface area contributed by atoms with Crippen LogP contribution in [0.5, 0.6) is 0 Å². The molecule has 1 aliphatic rings. The molecule has 7 heteroatoms. The molecule has 1 aliphatic carbocycles. The van der Waals surface area contributed by atoms with Crippen LogP contribution < -0.4 is 0 Å². The van der Waals surface area contributed by atoms with Gasteiger partial charge in [-0.05, 0) is 68.9 Å². The summed E-state index contributed by atoms with van der Waals surface area (Å²) in [5.41, 5.74) is 1.66. The Kier molecular flexibility index (Phi) is 5.46. The van der Waals surface area contributed by atoms with Crippen LogP contribution in [0, 0.1) is 13.8 Å². The molecular formula is C21H22ClNO5. The van der Waals surface area contributed by atoms with E-state index in [1.807, 2.05) is 6.92 Å². The van der Waals surface area contributed by atoms with Gasteiger partial charge in [-0.15, -0.1) is 0 Å². The molecule has 6 nitrogen and oxygen atoms in total. The third-order valence-corrected chi connectivity index (χ3v) is 5.56. The molecule has 1 saturated carbocycles. The van der Waals surface area contributed by atoms with Crippen molar-refractivity contribution >= 4 is 23.5 Å². The van der Waals surface area contributed by atoms with Gasteiger partial charge in [-0.2, -0.15) is 0 Å². The minimum Gasteiger partial charge on any atom is -0.479 e. The number of carbonyl (C=O) groups is 2. The highest BCUT2D eigenvalue weighted by molar-refractivity contribution is 6.30. The lowest BCUT2D eigenvalue weighted by Crippen LogP contribution is -2.40. The summed E-state index contributed by atoms with van der Waals surface area (Å²) in [4.78, 5) is 28.0. The molecule has 0 saturated heterocycles. The lowest BCUT2D eigenvalue weighted by atomic mass is 9.81. The summed E-state index contributed by atoms with van der Waals surface area (Å²) < 4.78 is 6.03. The first-order valence-corrected chi connectivity index (χ1v) is 9.42. The second kappa shape index (κ2) is 7.53. The summed E-state index contributed by atoms with van der Waals surface area (Å²) in [6.07, 6.45) is 1.31. The zero-order valence-corrected chi connectivity index (χ0v) is 16.7. The molecule has 0 aliphatic heterocycles.